The molecule has 6 nitrogen and oxygen atoms in total. The van der Waals surface area contributed by atoms with Gasteiger partial charge in [0.25, 0.3) is 0 Å². The summed E-state index contributed by atoms with van der Waals surface area (Å²) in [5, 5.41) is 0. The Bertz CT molecular complexity index is 364. The van der Waals surface area contributed by atoms with Crippen molar-refractivity contribution in [1.82, 2.24) is 0 Å². The standard InChI is InChI=1S/C10H10O6/c1-7(11)3-4-9(13)16-10(14)6-5-8(12)15-2/h3-6H,1-2H3/b4-3-,6-5+. The molecule has 0 aliphatic carbocycles. The first-order chi connectivity index (χ1) is 7.45. The molecule has 0 rings (SSSR count). The fraction of sp³-hybridized carbons (Fsp3) is 0.200. The van der Waals surface area contributed by atoms with Crippen molar-refractivity contribution in [2.45, 2.75) is 6.92 Å². The lowest BCUT2D eigenvalue weighted by molar-refractivity contribution is -0.152. The van der Waals surface area contributed by atoms with Gasteiger partial charge in [0.1, 0.15) is 0 Å². The number of carbonyl (C=O) groups is 4. The number of hydrogen-bond acceptors (Lipinski definition) is 6. The minimum absolute atomic E-state index is 0.352. The first-order valence-corrected chi connectivity index (χ1v) is 4.16. The number of ketones is 1. The maximum absolute atomic E-state index is 10.9. The first kappa shape index (κ1) is 13.8. The van der Waals surface area contributed by atoms with Gasteiger partial charge < -0.3 is 9.47 Å². The summed E-state index contributed by atoms with van der Waals surface area (Å²) in [6.07, 6.45) is 3.32. The van der Waals surface area contributed by atoms with Crippen LogP contribution in [0.3, 0.4) is 0 Å². The van der Waals surface area contributed by atoms with E-state index >= 15 is 0 Å². The number of methoxy groups -OCH3 is 1. The van der Waals surface area contributed by atoms with E-state index in [9.17, 15) is 19.2 Å². The lowest BCUT2D eigenvalue weighted by atomic mass is 10.4. The summed E-state index contributed by atoms with van der Waals surface area (Å²) in [6, 6.07) is 0. The topological polar surface area (TPSA) is 86.7 Å². The van der Waals surface area contributed by atoms with Crippen molar-refractivity contribution in [2.75, 3.05) is 7.11 Å². The second kappa shape index (κ2) is 7.10. The lowest BCUT2D eigenvalue weighted by Crippen LogP contribution is -2.08. The molecule has 0 aromatic rings. The first-order valence-electron chi connectivity index (χ1n) is 4.16. The average Bonchev–Trinajstić information content (AvgIpc) is 2.23. The molecule has 0 radical (unpaired) electrons. The van der Waals surface area contributed by atoms with Crippen LogP contribution in [0.5, 0.6) is 0 Å². The molecule has 0 atom stereocenters. The molecule has 86 valence electrons. The van der Waals surface area contributed by atoms with Crippen LogP contribution in [0.25, 0.3) is 0 Å². The van der Waals surface area contributed by atoms with E-state index in [1.54, 1.807) is 0 Å². The number of allylic oxidation sites excluding steroid dienone is 1. The molecule has 0 aromatic carbocycles. The number of esters is 3. The van der Waals surface area contributed by atoms with Crippen LogP contribution in [0, 0.1) is 0 Å². The molecule has 0 N–H and O–H groups in total. The van der Waals surface area contributed by atoms with Gasteiger partial charge in [-0.2, -0.15) is 0 Å². The lowest BCUT2D eigenvalue weighted by Gasteiger charge is -1.93. The van der Waals surface area contributed by atoms with Crippen molar-refractivity contribution < 1.29 is 28.7 Å². The van der Waals surface area contributed by atoms with E-state index in [0.29, 0.717) is 0 Å². The van der Waals surface area contributed by atoms with Crippen LogP contribution in [0.4, 0.5) is 0 Å². The Morgan fingerprint density at radius 1 is 0.812 bits per heavy atom. The molecule has 0 saturated heterocycles. The van der Waals surface area contributed by atoms with Gasteiger partial charge in [-0.1, -0.05) is 0 Å². The smallest absolute Gasteiger partial charge is 0.338 e. The minimum Gasteiger partial charge on any atom is -0.466 e. The van der Waals surface area contributed by atoms with Gasteiger partial charge in [0.15, 0.2) is 5.78 Å². The van der Waals surface area contributed by atoms with E-state index in [1.165, 1.54) is 6.92 Å². The zero-order chi connectivity index (χ0) is 12.6. The van der Waals surface area contributed by atoms with Crippen LogP contribution in [0.1, 0.15) is 6.92 Å². The van der Waals surface area contributed by atoms with Gasteiger partial charge in [-0.25, -0.2) is 14.4 Å². The second-order valence-corrected chi connectivity index (χ2v) is 2.54. The maximum atomic E-state index is 10.9. The van der Waals surface area contributed by atoms with Crippen LogP contribution in [-0.2, 0) is 28.7 Å². The summed E-state index contributed by atoms with van der Waals surface area (Å²) in [5.41, 5.74) is 0. The molecule has 16 heavy (non-hydrogen) atoms. The minimum atomic E-state index is -1.02. The summed E-state index contributed by atoms with van der Waals surface area (Å²) < 4.78 is 8.39. The van der Waals surface area contributed by atoms with Gasteiger partial charge in [0, 0.05) is 18.2 Å². The van der Waals surface area contributed by atoms with Gasteiger partial charge in [-0.15, -0.1) is 0 Å². The summed E-state index contributed by atoms with van der Waals surface area (Å²) in [6.45, 7) is 1.24. The van der Waals surface area contributed by atoms with E-state index in [4.69, 9.17) is 0 Å². The highest BCUT2D eigenvalue weighted by Gasteiger charge is 2.04. The molecule has 0 spiro atoms. The van der Waals surface area contributed by atoms with Crippen molar-refractivity contribution in [3.63, 3.8) is 0 Å². The molecule has 0 aliphatic heterocycles. The van der Waals surface area contributed by atoms with Gasteiger partial charge in [-0.05, 0) is 13.0 Å². The van der Waals surface area contributed by atoms with Crippen molar-refractivity contribution in [3.8, 4) is 0 Å². The highest BCUT2D eigenvalue weighted by Crippen LogP contribution is 1.87. The second-order valence-electron chi connectivity index (χ2n) is 2.54. The fourth-order valence-electron chi connectivity index (χ4n) is 0.557. The highest BCUT2D eigenvalue weighted by molar-refractivity contribution is 6.01. The predicted molar refractivity (Wildman–Crippen MR) is 52.1 cm³/mol. The molecule has 6 heteroatoms. The zero-order valence-electron chi connectivity index (χ0n) is 8.76. The van der Waals surface area contributed by atoms with Gasteiger partial charge in [0.05, 0.1) is 7.11 Å². The van der Waals surface area contributed by atoms with E-state index in [0.717, 1.165) is 31.4 Å². The molecule has 0 aromatic heterocycles. The van der Waals surface area contributed by atoms with Gasteiger partial charge in [-0.3, -0.25) is 4.79 Å². The normalized spacial score (nSPS) is 10.4. The molecule has 0 bridgehead atoms. The Hall–Kier alpha value is -2.24. The fourth-order valence-corrected chi connectivity index (χ4v) is 0.557. The van der Waals surface area contributed by atoms with Crippen LogP contribution >= 0.6 is 0 Å². The quantitative estimate of drug-likeness (QED) is 0.379. The molecule has 0 aliphatic rings. The molecule has 0 unspecified atom stereocenters. The third-order valence-corrected chi connectivity index (χ3v) is 1.21. The Labute approximate surface area is 91.5 Å². The molecule has 0 heterocycles. The van der Waals surface area contributed by atoms with E-state index in [-0.39, 0.29) is 5.78 Å². The third-order valence-electron chi connectivity index (χ3n) is 1.21. The maximum Gasteiger partial charge on any atom is 0.338 e. The van der Waals surface area contributed by atoms with Crippen molar-refractivity contribution in [1.29, 1.82) is 0 Å². The van der Waals surface area contributed by atoms with Crippen molar-refractivity contribution in [2.24, 2.45) is 0 Å². The van der Waals surface area contributed by atoms with Crippen molar-refractivity contribution >= 4 is 23.7 Å². The molecule has 0 fully saturated rings. The molecular weight excluding hydrogens is 216 g/mol. The monoisotopic (exact) mass is 226 g/mol. The van der Waals surface area contributed by atoms with Gasteiger partial charge in [0.2, 0.25) is 0 Å². The third kappa shape index (κ3) is 7.19. The Balaban J connectivity index is 4.16. The number of carbonyl (C=O) groups excluding carboxylic acids is 4. The number of hydrogen-bond donors (Lipinski definition) is 0. The van der Waals surface area contributed by atoms with Crippen LogP contribution in [0.2, 0.25) is 0 Å². The summed E-state index contributed by atoms with van der Waals surface area (Å²) in [5.74, 6) is -3.11. The van der Waals surface area contributed by atoms with E-state index in [1.807, 2.05) is 0 Å². The highest BCUT2D eigenvalue weighted by atomic mass is 16.6. The average molecular weight is 226 g/mol. The van der Waals surface area contributed by atoms with E-state index < -0.39 is 17.9 Å². The molecular formula is C10H10O6. The summed E-state index contributed by atoms with van der Waals surface area (Å²) in [4.78, 5) is 42.7. The Kier molecular flexibility index (Phi) is 6.11. The summed E-state index contributed by atoms with van der Waals surface area (Å²) in [7, 11) is 1.14. The van der Waals surface area contributed by atoms with Gasteiger partial charge >= 0.3 is 17.9 Å². The Morgan fingerprint density at radius 3 is 1.69 bits per heavy atom. The van der Waals surface area contributed by atoms with Crippen LogP contribution < -0.4 is 0 Å². The van der Waals surface area contributed by atoms with Crippen LogP contribution in [0.15, 0.2) is 24.3 Å². The SMILES string of the molecule is COC(=O)/C=C/C(=O)OC(=O)/C=C\C(C)=O. The molecule has 0 saturated carbocycles. The van der Waals surface area contributed by atoms with Crippen LogP contribution in [-0.4, -0.2) is 30.8 Å². The van der Waals surface area contributed by atoms with E-state index in [2.05, 4.69) is 9.47 Å². The predicted octanol–water partition coefficient (Wildman–Crippen LogP) is -0.0694. The van der Waals surface area contributed by atoms with Crippen molar-refractivity contribution in [3.05, 3.63) is 24.3 Å². The molecule has 0 amide bonds. The summed E-state index contributed by atoms with van der Waals surface area (Å²) >= 11 is 0. The number of rotatable bonds is 4. The number of ether oxygens (including phenoxy) is 2. The Morgan fingerprint density at radius 2 is 1.25 bits per heavy atom. The largest absolute Gasteiger partial charge is 0.466 e. The zero-order valence-corrected chi connectivity index (χ0v) is 8.76.